The molecule has 3 heterocycles. The summed E-state index contributed by atoms with van der Waals surface area (Å²) in [4.78, 5) is 23.0. The number of nitrogens with one attached hydrogen (secondary N) is 2. The SMILES string of the molecule is CCC(CC)NC(=O)CN1CCC(c2ccc3[nH]c(-c4cc(C)nc(C)c4)c(C(C)C)c3c2)CC1. The first-order valence-electron chi connectivity index (χ1n) is 13.4. The molecule has 1 aromatic carbocycles. The Morgan fingerprint density at radius 3 is 2.34 bits per heavy atom. The van der Waals surface area contributed by atoms with Gasteiger partial charge in [-0.25, -0.2) is 0 Å². The number of carbonyl (C=O) groups is 1. The predicted molar refractivity (Wildman–Crippen MR) is 146 cm³/mol. The van der Waals surface area contributed by atoms with Crippen molar-refractivity contribution < 1.29 is 4.79 Å². The minimum absolute atomic E-state index is 0.168. The number of rotatable bonds is 8. The topological polar surface area (TPSA) is 61.0 Å². The van der Waals surface area contributed by atoms with Gasteiger partial charge in [0.2, 0.25) is 5.91 Å². The first kappa shape index (κ1) is 25.4. The van der Waals surface area contributed by atoms with Gasteiger partial charge in [-0.3, -0.25) is 14.7 Å². The van der Waals surface area contributed by atoms with Crippen LogP contribution >= 0.6 is 0 Å². The number of nitrogens with zero attached hydrogens (tertiary/aromatic N) is 2. The van der Waals surface area contributed by atoms with E-state index in [0.29, 0.717) is 24.4 Å². The molecule has 0 saturated carbocycles. The van der Waals surface area contributed by atoms with Crippen molar-refractivity contribution in [3.8, 4) is 11.3 Å². The van der Waals surface area contributed by atoms with E-state index in [1.807, 2.05) is 0 Å². The maximum Gasteiger partial charge on any atom is 0.234 e. The molecule has 1 fully saturated rings. The fraction of sp³-hybridized carbons (Fsp3) is 0.533. The van der Waals surface area contributed by atoms with Gasteiger partial charge in [-0.2, -0.15) is 0 Å². The minimum Gasteiger partial charge on any atom is -0.354 e. The average Bonchev–Trinajstić information content (AvgIpc) is 3.21. The molecule has 5 heteroatoms. The number of pyridine rings is 1. The van der Waals surface area contributed by atoms with E-state index in [-0.39, 0.29) is 5.91 Å². The van der Waals surface area contributed by atoms with E-state index in [9.17, 15) is 4.79 Å². The molecule has 0 unspecified atom stereocenters. The van der Waals surface area contributed by atoms with E-state index >= 15 is 0 Å². The Labute approximate surface area is 210 Å². The molecular formula is C30H42N4O. The van der Waals surface area contributed by atoms with Gasteiger partial charge in [0.1, 0.15) is 0 Å². The van der Waals surface area contributed by atoms with E-state index in [1.165, 1.54) is 33.3 Å². The molecule has 0 bridgehead atoms. The Balaban J connectivity index is 1.51. The van der Waals surface area contributed by atoms with E-state index in [1.54, 1.807) is 0 Å². The number of likely N-dealkylation sites (tertiary alicyclic amines) is 1. The number of H-pyrrole nitrogens is 1. The molecule has 1 amide bonds. The lowest BCUT2D eigenvalue weighted by molar-refractivity contribution is -0.123. The van der Waals surface area contributed by atoms with Crippen molar-refractivity contribution in [1.82, 2.24) is 20.2 Å². The molecule has 1 saturated heterocycles. The number of aryl methyl sites for hydroxylation is 2. The molecule has 3 aromatic rings. The largest absolute Gasteiger partial charge is 0.354 e. The average molecular weight is 475 g/mol. The number of amides is 1. The van der Waals surface area contributed by atoms with Gasteiger partial charge < -0.3 is 10.3 Å². The monoisotopic (exact) mass is 474 g/mol. The number of aromatic nitrogens is 2. The lowest BCUT2D eigenvalue weighted by Gasteiger charge is -2.32. The van der Waals surface area contributed by atoms with Crippen molar-refractivity contribution in [3.05, 3.63) is 52.8 Å². The summed E-state index contributed by atoms with van der Waals surface area (Å²) in [7, 11) is 0. The zero-order valence-corrected chi connectivity index (χ0v) is 22.4. The number of hydrogen-bond donors (Lipinski definition) is 2. The summed E-state index contributed by atoms with van der Waals surface area (Å²) >= 11 is 0. The van der Waals surface area contributed by atoms with E-state index in [4.69, 9.17) is 0 Å². The van der Waals surface area contributed by atoms with Crippen molar-refractivity contribution in [2.24, 2.45) is 0 Å². The Kier molecular flexibility index (Phi) is 7.95. The number of fused-ring (bicyclic) bond motifs is 1. The highest BCUT2D eigenvalue weighted by molar-refractivity contribution is 5.92. The molecule has 1 aliphatic heterocycles. The Bertz CT molecular complexity index is 1150. The summed E-state index contributed by atoms with van der Waals surface area (Å²) in [5.41, 5.74) is 8.56. The van der Waals surface area contributed by atoms with Crippen LogP contribution in [0.25, 0.3) is 22.2 Å². The number of benzene rings is 1. The van der Waals surface area contributed by atoms with Crippen LogP contribution in [0.2, 0.25) is 0 Å². The maximum absolute atomic E-state index is 12.4. The summed E-state index contributed by atoms with van der Waals surface area (Å²) in [6, 6.07) is 11.6. The highest BCUT2D eigenvalue weighted by atomic mass is 16.2. The normalized spacial score (nSPS) is 15.4. The molecule has 2 N–H and O–H groups in total. The Morgan fingerprint density at radius 2 is 1.74 bits per heavy atom. The summed E-state index contributed by atoms with van der Waals surface area (Å²) in [5, 5.41) is 4.52. The van der Waals surface area contributed by atoms with Crippen LogP contribution in [0.4, 0.5) is 0 Å². The predicted octanol–water partition coefficient (Wildman–Crippen LogP) is 6.45. The van der Waals surface area contributed by atoms with Crippen molar-refractivity contribution in [2.75, 3.05) is 19.6 Å². The van der Waals surface area contributed by atoms with Crippen LogP contribution in [-0.4, -0.2) is 46.5 Å². The number of hydrogen-bond acceptors (Lipinski definition) is 3. The molecule has 0 aliphatic carbocycles. The van der Waals surface area contributed by atoms with Crippen LogP contribution in [0.1, 0.15) is 87.7 Å². The molecule has 1 aliphatic rings. The summed E-state index contributed by atoms with van der Waals surface area (Å²) in [5.74, 6) is 1.13. The number of carbonyl (C=O) groups excluding carboxylic acids is 1. The van der Waals surface area contributed by atoms with E-state index < -0.39 is 0 Å². The van der Waals surface area contributed by atoms with Crippen LogP contribution in [0.3, 0.4) is 0 Å². The summed E-state index contributed by atoms with van der Waals surface area (Å²) in [6.45, 7) is 15.4. The smallest absolute Gasteiger partial charge is 0.234 e. The molecule has 188 valence electrons. The highest BCUT2D eigenvalue weighted by Gasteiger charge is 2.24. The van der Waals surface area contributed by atoms with Crippen LogP contribution in [0.15, 0.2) is 30.3 Å². The third-order valence-electron chi connectivity index (χ3n) is 7.59. The van der Waals surface area contributed by atoms with Gasteiger partial charge in [-0.15, -0.1) is 0 Å². The molecule has 0 atom stereocenters. The second-order valence-corrected chi connectivity index (χ2v) is 10.6. The van der Waals surface area contributed by atoms with Gasteiger partial charge in [0.25, 0.3) is 0 Å². The van der Waals surface area contributed by atoms with Crippen molar-refractivity contribution in [1.29, 1.82) is 0 Å². The third kappa shape index (κ3) is 5.78. The van der Waals surface area contributed by atoms with Crippen LogP contribution in [0.5, 0.6) is 0 Å². The summed E-state index contributed by atoms with van der Waals surface area (Å²) in [6.07, 6.45) is 4.18. The molecule has 5 nitrogen and oxygen atoms in total. The lowest BCUT2D eigenvalue weighted by atomic mass is 9.87. The highest BCUT2D eigenvalue weighted by Crippen LogP contribution is 2.38. The zero-order chi connectivity index (χ0) is 25.1. The van der Waals surface area contributed by atoms with Gasteiger partial charge in [0.05, 0.1) is 12.2 Å². The number of aromatic amines is 1. The fourth-order valence-electron chi connectivity index (χ4n) is 5.68. The van der Waals surface area contributed by atoms with Crippen molar-refractivity contribution >= 4 is 16.8 Å². The first-order valence-corrected chi connectivity index (χ1v) is 13.4. The van der Waals surface area contributed by atoms with Gasteiger partial charge in [0.15, 0.2) is 0 Å². The Hall–Kier alpha value is -2.66. The van der Waals surface area contributed by atoms with E-state index in [2.05, 4.69) is 92.1 Å². The third-order valence-corrected chi connectivity index (χ3v) is 7.59. The second kappa shape index (κ2) is 10.9. The molecular weight excluding hydrogens is 432 g/mol. The Morgan fingerprint density at radius 1 is 1.09 bits per heavy atom. The van der Waals surface area contributed by atoms with E-state index in [0.717, 1.165) is 50.2 Å². The lowest BCUT2D eigenvalue weighted by Crippen LogP contribution is -2.44. The molecule has 0 radical (unpaired) electrons. The standard InChI is InChI=1S/C30H42N4O/c1-7-25(8-2)32-28(35)18-34-13-11-22(12-14-34)23-9-10-27-26(17-23)29(19(3)4)30(33-27)24-15-20(5)31-21(6)16-24/h9-10,15-17,19,22,25,33H,7-8,11-14,18H2,1-6H3,(H,32,35). The molecule has 35 heavy (non-hydrogen) atoms. The first-order chi connectivity index (χ1) is 16.8. The molecule has 2 aromatic heterocycles. The minimum atomic E-state index is 0.168. The van der Waals surface area contributed by atoms with Crippen molar-refractivity contribution in [2.45, 2.75) is 85.1 Å². The second-order valence-electron chi connectivity index (χ2n) is 10.6. The van der Waals surface area contributed by atoms with Crippen molar-refractivity contribution in [3.63, 3.8) is 0 Å². The molecule has 4 rings (SSSR count). The summed E-state index contributed by atoms with van der Waals surface area (Å²) < 4.78 is 0. The number of piperidine rings is 1. The fourth-order valence-corrected chi connectivity index (χ4v) is 5.68. The maximum atomic E-state index is 12.4. The zero-order valence-electron chi connectivity index (χ0n) is 22.4. The van der Waals surface area contributed by atoms with Gasteiger partial charge >= 0.3 is 0 Å². The van der Waals surface area contributed by atoms with Crippen LogP contribution < -0.4 is 5.32 Å². The van der Waals surface area contributed by atoms with Gasteiger partial charge in [-0.05, 0) is 99.8 Å². The van der Waals surface area contributed by atoms with Gasteiger partial charge in [0, 0.05) is 33.9 Å². The van der Waals surface area contributed by atoms with Crippen LogP contribution in [0, 0.1) is 13.8 Å². The van der Waals surface area contributed by atoms with Gasteiger partial charge in [-0.1, -0.05) is 33.8 Å². The molecule has 0 spiro atoms. The van der Waals surface area contributed by atoms with Crippen LogP contribution in [-0.2, 0) is 4.79 Å². The quantitative estimate of drug-likeness (QED) is 0.394.